The summed E-state index contributed by atoms with van der Waals surface area (Å²) in [6, 6.07) is 4.19. The molecule has 1 fully saturated rings. The Kier molecular flexibility index (Phi) is 6.01. The number of nitrogens with two attached hydrogens (primary N) is 1. The Morgan fingerprint density at radius 1 is 1.55 bits per heavy atom. The summed E-state index contributed by atoms with van der Waals surface area (Å²) in [5.74, 6) is 0.882. The van der Waals surface area contributed by atoms with Gasteiger partial charge in [0, 0.05) is 4.88 Å². The maximum atomic E-state index is 12.1. The van der Waals surface area contributed by atoms with E-state index in [1.165, 1.54) is 17.7 Å². The number of carbonyl (C=O) groups excluding carboxylic acids is 1. The molecule has 5 heteroatoms. The SMILES string of the molecule is CC(NC(=O)CN1CCC(CCN)CC1)c1cccs1. The lowest BCUT2D eigenvalue weighted by molar-refractivity contribution is -0.123. The van der Waals surface area contributed by atoms with Crippen molar-refractivity contribution in [2.24, 2.45) is 11.7 Å². The summed E-state index contributed by atoms with van der Waals surface area (Å²) in [5, 5.41) is 5.12. The van der Waals surface area contributed by atoms with Crippen LogP contribution < -0.4 is 11.1 Å². The number of amides is 1. The highest BCUT2D eigenvalue weighted by Crippen LogP contribution is 2.20. The van der Waals surface area contributed by atoms with Gasteiger partial charge in [0.15, 0.2) is 0 Å². The van der Waals surface area contributed by atoms with Gasteiger partial charge in [-0.15, -0.1) is 11.3 Å². The monoisotopic (exact) mass is 295 g/mol. The maximum Gasteiger partial charge on any atom is 0.234 e. The molecule has 2 rings (SSSR count). The second kappa shape index (κ2) is 7.76. The third-order valence-corrected chi connectivity index (χ3v) is 5.05. The minimum Gasteiger partial charge on any atom is -0.348 e. The molecule has 1 aliphatic rings. The van der Waals surface area contributed by atoms with E-state index in [0.29, 0.717) is 6.54 Å². The molecular formula is C15H25N3OS. The number of nitrogens with one attached hydrogen (secondary N) is 1. The largest absolute Gasteiger partial charge is 0.348 e. The number of likely N-dealkylation sites (tertiary alicyclic amines) is 1. The Balaban J connectivity index is 1.70. The molecule has 4 nitrogen and oxygen atoms in total. The first-order chi connectivity index (χ1) is 9.69. The van der Waals surface area contributed by atoms with Gasteiger partial charge in [-0.05, 0) is 63.2 Å². The van der Waals surface area contributed by atoms with Crippen molar-refractivity contribution in [2.75, 3.05) is 26.2 Å². The lowest BCUT2D eigenvalue weighted by Gasteiger charge is -2.31. The molecule has 1 atom stereocenters. The summed E-state index contributed by atoms with van der Waals surface area (Å²) in [6.07, 6.45) is 3.46. The molecule has 0 aromatic carbocycles. The quantitative estimate of drug-likeness (QED) is 0.844. The Hall–Kier alpha value is -0.910. The van der Waals surface area contributed by atoms with Crippen LogP contribution in [0.5, 0.6) is 0 Å². The van der Waals surface area contributed by atoms with Crippen LogP contribution in [0.4, 0.5) is 0 Å². The molecule has 1 aromatic rings. The van der Waals surface area contributed by atoms with Crippen LogP contribution in [0.15, 0.2) is 17.5 Å². The predicted molar refractivity (Wildman–Crippen MR) is 83.7 cm³/mol. The number of hydrogen-bond acceptors (Lipinski definition) is 4. The molecule has 0 saturated carbocycles. The molecule has 1 saturated heterocycles. The van der Waals surface area contributed by atoms with Gasteiger partial charge >= 0.3 is 0 Å². The van der Waals surface area contributed by atoms with Crippen LogP contribution in [0.2, 0.25) is 0 Å². The molecule has 0 bridgehead atoms. The Bertz CT molecular complexity index is 399. The predicted octanol–water partition coefficient (Wildman–Crippen LogP) is 1.99. The highest BCUT2D eigenvalue weighted by atomic mass is 32.1. The minimum absolute atomic E-state index is 0.109. The van der Waals surface area contributed by atoms with Crippen LogP contribution in [-0.2, 0) is 4.79 Å². The van der Waals surface area contributed by atoms with Crippen molar-refractivity contribution in [3.8, 4) is 0 Å². The van der Waals surface area contributed by atoms with E-state index >= 15 is 0 Å². The van der Waals surface area contributed by atoms with E-state index in [0.717, 1.165) is 32.0 Å². The first-order valence-electron chi connectivity index (χ1n) is 7.44. The van der Waals surface area contributed by atoms with Crippen molar-refractivity contribution in [1.29, 1.82) is 0 Å². The Labute approximate surface area is 125 Å². The van der Waals surface area contributed by atoms with Gasteiger partial charge < -0.3 is 11.1 Å². The molecule has 3 N–H and O–H groups in total. The summed E-state index contributed by atoms with van der Waals surface area (Å²) in [7, 11) is 0. The van der Waals surface area contributed by atoms with E-state index in [-0.39, 0.29) is 11.9 Å². The highest BCUT2D eigenvalue weighted by molar-refractivity contribution is 7.10. The Morgan fingerprint density at radius 2 is 2.30 bits per heavy atom. The zero-order valence-electron chi connectivity index (χ0n) is 12.2. The minimum atomic E-state index is 0.109. The number of piperidine rings is 1. The molecule has 2 heterocycles. The van der Waals surface area contributed by atoms with Gasteiger partial charge in [0.05, 0.1) is 12.6 Å². The van der Waals surface area contributed by atoms with Crippen LogP contribution in [0, 0.1) is 5.92 Å². The van der Waals surface area contributed by atoms with E-state index in [1.54, 1.807) is 11.3 Å². The number of hydrogen-bond donors (Lipinski definition) is 2. The standard InChI is InChI=1S/C15H25N3OS/c1-12(14-3-2-10-20-14)17-15(19)11-18-8-5-13(4-7-16)6-9-18/h2-3,10,12-13H,4-9,11,16H2,1H3,(H,17,19). The Morgan fingerprint density at radius 3 is 2.90 bits per heavy atom. The molecule has 0 aliphatic carbocycles. The second-order valence-corrected chi connectivity index (χ2v) is 6.58. The van der Waals surface area contributed by atoms with Gasteiger partial charge in [-0.25, -0.2) is 0 Å². The molecule has 112 valence electrons. The van der Waals surface area contributed by atoms with Crippen molar-refractivity contribution in [1.82, 2.24) is 10.2 Å². The van der Waals surface area contributed by atoms with Crippen LogP contribution in [0.25, 0.3) is 0 Å². The van der Waals surface area contributed by atoms with Crippen LogP contribution in [0.1, 0.15) is 37.1 Å². The number of rotatable bonds is 6. The fraction of sp³-hybridized carbons (Fsp3) is 0.667. The van der Waals surface area contributed by atoms with Crippen molar-refractivity contribution >= 4 is 17.2 Å². The average Bonchev–Trinajstić information content (AvgIpc) is 2.95. The molecule has 0 spiro atoms. The second-order valence-electron chi connectivity index (χ2n) is 5.60. The van der Waals surface area contributed by atoms with Crippen LogP contribution in [-0.4, -0.2) is 37.0 Å². The van der Waals surface area contributed by atoms with E-state index in [4.69, 9.17) is 5.73 Å². The van der Waals surface area contributed by atoms with Gasteiger partial charge in [-0.2, -0.15) is 0 Å². The van der Waals surface area contributed by atoms with E-state index < -0.39 is 0 Å². The normalized spacial score (nSPS) is 18.9. The van der Waals surface area contributed by atoms with E-state index in [9.17, 15) is 4.79 Å². The molecule has 1 aromatic heterocycles. The number of nitrogens with zero attached hydrogens (tertiary/aromatic N) is 1. The van der Waals surface area contributed by atoms with Gasteiger partial charge in [-0.1, -0.05) is 6.07 Å². The summed E-state index contributed by atoms with van der Waals surface area (Å²) >= 11 is 1.68. The van der Waals surface area contributed by atoms with Crippen LogP contribution in [0.3, 0.4) is 0 Å². The first kappa shape index (κ1) is 15.5. The van der Waals surface area contributed by atoms with Crippen molar-refractivity contribution in [2.45, 2.75) is 32.2 Å². The van der Waals surface area contributed by atoms with Gasteiger partial charge in [0.2, 0.25) is 5.91 Å². The van der Waals surface area contributed by atoms with Crippen molar-refractivity contribution in [3.63, 3.8) is 0 Å². The van der Waals surface area contributed by atoms with Gasteiger partial charge in [-0.3, -0.25) is 9.69 Å². The van der Waals surface area contributed by atoms with Gasteiger partial charge in [0.25, 0.3) is 0 Å². The lowest BCUT2D eigenvalue weighted by atomic mass is 9.94. The molecule has 20 heavy (non-hydrogen) atoms. The third-order valence-electron chi connectivity index (χ3n) is 4.00. The fourth-order valence-corrected chi connectivity index (χ4v) is 3.50. The molecular weight excluding hydrogens is 270 g/mol. The number of thiophene rings is 1. The third kappa shape index (κ3) is 4.58. The van der Waals surface area contributed by atoms with Crippen molar-refractivity contribution in [3.05, 3.63) is 22.4 Å². The zero-order valence-corrected chi connectivity index (χ0v) is 13.0. The summed E-state index contributed by atoms with van der Waals surface area (Å²) in [4.78, 5) is 15.5. The highest BCUT2D eigenvalue weighted by Gasteiger charge is 2.21. The maximum absolute atomic E-state index is 12.1. The number of carbonyl (C=O) groups is 1. The summed E-state index contributed by atoms with van der Waals surface area (Å²) < 4.78 is 0. The topological polar surface area (TPSA) is 58.4 Å². The van der Waals surface area contributed by atoms with Crippen LogP contribution >= 0.6 is 11.3 Å². The smallest absolute Gasteiger partial charge is 0.234 e. The zero-order chi connectivity index (χ0) is 14.4. The fourth-order valence-electron chi connectivity index (χ4n) is 2.77. The first-order valence-corrected chi connectivity index (χ1v) is 8.32. The van der Waals surface area contributed by atoms with E-state index in [1.807, 2.05) is 18.4 Å². The molecule has 1 aliphatic heterocycles. The molecule has 1 amide bonds. The molecule has 1 unspecified atom stereocenters. The molecule has 0 radical (unpaired) electrons. The summed E-state index contributed by atoms with van der Waals surface area (Å²) in [6.45, 7) is 5.38. The average molecular weight is 295 g/mol. The van der Waals surface area contributed by atoms with E-state index in [2.05, 4.69) is 16.3 Å². The van der Waals surface area contributed by atoms with Crippen molar-refractivity contribution < 1.29 is 4.79 Å². The van der Waals surface area contributed by atoms with Gasteiger partial charge in [0.1, 0.15) is 0 Å². The lowest BCUT2D eigenvalue weighted by Crippen LogP contribution is -2.42. The summed E-state index contributed by atoms with van der Waals surface area (Å²) in [5.41, 5.74) is 5.60.